The van der Waals surface area contributed by atoms with E-state index in [2.05, 4.69) is 31.1 Å². The van der Waals surface area contributed by atoms with Crippen molar-refractivity contribution in [1.29, 1.82) is 0 Å². The van der Waals surface area contributed by atoms with Gasteiger partial charge in [-0.1, -0.05) is 159 Å². The van der Waals surface area contributed by atoms with Gasteiger partial charge in [-0.05, 0) is 72.9 Å². The molecule has 3 N–H and O–H groups in total. The average molecular weight is 622 g/mol. The molecule has 254 valence electrons. The molecule has 0 atom stereocenters. The molecule has 0 aliphatic rings. The van der Waals surface area contributed by atoms with Crippen LogP contribution in [0.1, 0.15) is 176 Å². The van der Waals surface area contributed by atoms with Crippen LogP contribution < -0.4 is 0 Å². The zero-order chi connectivity index (χ0) is 32.7. The minimum atomic E-state index is 0.299. The molecule has 0 amide bonds. The molecule has 0 radical (unpaired) electrons. The maximum absolute atomic E-state index is 11.0. The van der Waals surface area contributed by atoms with Gasteiger partial charge >= 0.3 is 0 Å². The molecule has 0 saturated carbocycles. The number of phenols is 2. The third-order valence-corrected chi connectivity index (χ3v) is 9.78. The van der Waals surface area contributed by atoms with Crippen LogP contribution in [0.5, 0.6) is 11.5 Å². The first kappa shape index (κ1) is 38.7. The Morgan fingerprint density at radius 1 is 0.467 bits per heavy atom. The Kier molecular flexibility index (Phi) is 20.5. The summed E-state index contributed by atoms with van der Waals surface area (Å²) in [5, 5.41) is 35.4. The van der Waals surface area contributed by atoms with Crippen molar-refractivity contribution in [2.24, 2.45) is 5.16 Å². The van der Waals surface area contributed by atoms with Crippen molar-refractivity contribution in [3.05, 3.63) is 57.6 Å². The topological polar surface area (TPSA) is 73.1 Å². The van der Waals surface area contributed by atoms with E-state index < -0.39 is 0 Å². The van der Waals surface area contributed by atoms with Crippen LogP contribution in [0.3, 0.4) is 0 Å². The quantitative estimate of drug-likeness (QED) is 0.0423. The largest absolute Gasteiger partial charge is 0.507 e. The van der Waals surface area contributed by atoms with Gasteiger partial charge in [-0.2, -0.15) is 0 Å². The summed E-state index contributed by atoms with van der Waals surface area (Å²) in [5.41, 5.74) is 6.31. The van der Waals surface area contributed by atoms with Crippen molar-refractivity contribution >= 4 is 5.71 Å². The van der Waals surface area contributed by atoms with E-state index in [1.54, 1.807) is 0 Å². The fourth-order valence-corrected chi connectivity index (χ4v) is 6.60. The third kappa shape index (κ3) is 15.1. The first-order valence-electron chi connectivity index (χ1n) is 18.7. The van der Waals surface area contributed by atoms with Gasteiger partial charge in [0.15, 0.2) is 0 Å². The highest BCUT2D eigenvalue weighted by atomic mass is 16.4. The zero-order valence-corrected chi connectivity index (χ0v) is 29.6. The molecule has 0 fully saturated rings. The molecule has 0 aliphatic heterocycles. The van der Waals surface area contributed by atoms with Gasteiger partial charge in [-0.15, -0.1) is 0 Å². The second-order valence-electron chi connectivity index (χ2n) is 13.6. The number of aromatic hydroxyl groups is 2. The summed E-state index contributed by atoms with van der Waals surface area (Å²) >= 11 is 0. The lowest BCUT2D eigenvalue weighted by atomic mass is 9.93. The summed E-state index contributed by atoms with van der Waals surface area (Å²) in [7, 11) is 0. The van der Waals surface area contributed by atoms with Crippen LogP contribution in [0.2, 0.25) is 0 Å². The van der Waals surface area contributed by atoms with E-state index in [9.17, 15) is 15.4 Å². The average Bonchev–Trinajstić information content (AvgIpc) is 3.04. The van der Waals surface area contributed by atoms with E-state index in [0.29, 0.717) is 30.1 Å². The van der Waals surface area contributed by atoms with E-state index in [4.69, 9.17) is 0 Å². The van der Waals surface area contributed by atoms with Crippen molar-refractivity contribution in [1.82, 2.24) is 0 Å². The highest BCUT2D eigenvalue weighted by molar-refractivity contribution is 5.89. The number of benzene rings is 2. The maximum Gasteiger partial charge on any atom is 0.122 e. The smallest absolute Gasteiger partial charge is 0.122 e. The van der Waals surface area contributed by atoms with Crippen LogP contribution in [-0.2, 0) is 25.7 Å². The van der Waals surface area contributed by atoms with Gasteiger partial charge in [0.2, 0.25) is 0 Å². The Labute approximate surface area is 276 Å². The number of rotatable bonds is 26. The molecule has 0 saturated heterocycles. The second-order valence-corrected chi connectivity index (χ2v) is 13.6. The van der Waals surface area contributed by atoms with Crippen molar-refractivity contribution in [2.75, 3.05) is 0 Å². The van der Waals surface area contributed by atoms with Gasteiger partial charge in [-0.25, -0.2) is 0 Å². The number of hydrogen-bond donors (Lipinski definition) is 3. The summed E-state index contributed by atoms with van der Waals surface area (Å²) in [6.45, 7) is 8.51. The van der Waals surface area contributed by atoms with Crippen LogP contribution in [-0.4, -0.2) is 21.1 Å². The van der Waals surface area contributed by atoms with Crippen molar-refractivity contribution < 1.29 is 15.4 Å². The fourth-order valence-electron chi connectivity index (χ4n) is 6.60. The third-order valence-electron chi connectivity index (χ3n) is 9.78. The lowest BCUT2D eigenvalue weighted by Crippen LogP contribution is -2.09. The fraction of sp³-hybridized carbons (Fsp3) is 0.683. The minimum absolute atomic E-state index is 0.299. The SMILES string of the molecule is CCCCCCCCCCCCc1ccc(CC(Cc2ccc(CCCCCCCCCCCC)c(C)c2O)=NO)c(O)c1C. The molecule has 0 aliphatic carbocycles. The summed E-state index contributed by atoms with van der Waals surface area (Å²) in [5.74, 6) is 0.598. The summed E-state index contributed by atoms with van der Waals surface area (Å²) in [6, 6.07) is 8.19. The standard InChI is InChI=1S/C41H67NO3/c1-5-7-9-11-13-15-17-19-21-23-25-35-27-29-37(40(43)33(35)3)31-39(42-45)32-38-30-28-36(34(4)41(38)44)26-24-22-20-18-16-14-12-10-8-6-2/h27-30,43-45H,5-26,31-32H2,1-4H3. The number of phenolic OH excluding ortho intramolecular Hbond substituents is 2. The van der Waals surface area contributed by atoms with Gasteiger partial charge in [0.05, 0.1) is 5.71 Å². The Hall–Kier alpha value is -2.49. The molecule has 2 rings (SSSR count). The van der Waals surface area contributed by atoms with Gasteiger partial charge in [0.1, 0.15) is 11.5 Å². The van der Waals surface area contributed by atoms with Crippen molar-refractivity contribution in [3.8, 4) is 11.5 Å². The van der Waals surface area contributed by atoms with Gasteiger partial charge in [0, 0.05) is 12.8 Å². The van der Waals surface area contributed by atoms with Gasteiger partial charge in [0.25, 0.3) is 0 Å². The first-order chi connectivity index (χ1) is 21.9. The number of hydrogen-bond acceptors (Lipinski definition) is 4. The Morgan fingerprint density at radius 3 is 1.07 bits per heavy atom. The normalized spacial score (nSPS) is 11.3. The highest BCUT2D eigenvalue weighted by Crippen LogP contribution is 2.30. The van der Waals surface area contributed by atoms with E-state index in [-0.39, 0.29) is 0 Å². The first-order valence-corrected chi connectivity index (χ1v) is 18.7. The Bertz CT molecular complexity index is 1020. The van der Waals surface area contributed by atoms with E-state index >= 15 is 0 Å². The van der Waals surface area contributed by atoms with Crippen LogP contribution in [0.25, 0.3) is 0 Å². The number of oxime groups is 1. The zero-order valence-electron chi connectivity index (χ0n) is 29.6. The van der Waals surface area contributed by atoms with E-state index in [1.807, 2.05) is 26.0 Å². The highest BCUT2D eigenvalue weighted by Gasteiger charge is 2.16. The minimum Gasteiger partial charge on any atom is -0.507 e. The van der Waals surface area contributed by atoms with Gasteiger partial charge < -0.3 is 15.4 Å². The number of unbranched alkanes of at least 4 members (excludes halogenated alkanes) is 18. The number of nitrogens with zero attached hydrogens (tertiary/aromatic N) is 1. The molecule has 4 nitrogen and oxygen atoms in total. The predicted octanol–water partition coefficient (Wildman–Crippen LogP) is 12.3. The predicted molar refractivity (Wildman–Crippen MR) is 193 cm³/mol. The maximum atomic E-state index is 11.0. The van der Waals surface area contributed by atoms with E-state index in [1.165, 1.54) is 127 Å². The molecular weight excluding hydrogens is 554 g/mol. The Morgan fingerprint density at radius 2 is 0.756 bits per heavy atom. The summed E-state index contributed by atoms with van der Waals surface area (Å²) < 4.78 is 0. The van der Waals surface area contributed by atoms with Crippen LogP contribution in [0.4, 0.5) is 0 Å². The second kappa shape index (κ2) is 23.8. The number of aryl methyl sites for hydroxylation is 2. The summed E-state index contributed by atoms with van der Waals surface area (Å²) in [4.78, 5) is 0. The van der Waals surface area contributed by atoms with Gasteiger partial charge in [-0.3, -0.25) is 0 Å². The van der Waals surface area contributed by atoms with Crippen molar-refractivity contribution in [3.63, 3.8) is 0 Å². The monoisotopic (exact) mass is 622 g/mol. The van der Waals surface area contributed by atoms with Crippen molar-refractivity contribution in [2.45, 2.75) is 182 Å². The molecule has 45 heavy (non-hydrogen) atoms. The molecule has 2 aromatic rings. The molecular formula is C41H67NO3. The Balaban J connectivity index is 1.78. The van der Waals surface area contributed by atoms with Crippen LogP contribution in [0.15, 0.2) is 29.4 Å². The summed E-state index contributed by atoms with van der Waals surface area (Å²) in [6.07, 6.45) is 29.0. The molecule has 4 heteroatoms. The van der Waals surface area contributed by atoms with E-state index in [0.717, 1.165) is 47.9 Å². The molecule has 0 spiro atoms. The lowest BCUT2D eigenvalue weighted by molar-refractivity contribution is 0.317. The molecule has 0 heterocycles. The van der Waals surface area contributed by atoms with Crippen LogP contribution >= 0.6 is 0 Å². The molecule has 2 aromatic carbocycles. The molecule has 0 aromatic heterocycles. The molecule has 0 bridgehead atoms. The van der Waals surface area contributed by atoms with Crippen LogP contribution in [0, 0.1) is 13.8 Å². The molecule has 0 unspecified atom stereocenters. The lowest BCUT2D eigenvalue weighted by Gasteiger charge is -2.15.